The fourth-order valence-corrected chi connectivity index (χ4v) is 2.95. The topological polar surface area (TPSA) is 38.9 Å². The number of benzene rings is 1. The van der Waals surface area contributed by atoms with E-state index in [1.165, 1.54) is 17.0 Å². The molecule has 0 aliphatic rings. The van der Waals surface area contributed by atoms with Crippen molar-refractivity contribution >= 4 is 11.3 Å². The second-order valence-corrected chi connectivity index (χ2v) is 5.64. The number of rotatable bonds is 4. The summed E-state index contributed by atoms with van der Waals surface area (Å²) in [4.78, 5) is 5.80. The van der Waals surface area contributed by atoms with E-state index in [0.29, 0.717) is 12.5 Å². The van der Waals surface area contributed by atoms with Gasteiger partial charge in [0.05, 0.1) is 10.7 Å². The van der Waals surface area contributed by atoms with Gasteiger partial charge in [0, 0.05) is 16.9 Å². The predicted molar refractivity (Wildman–Crippen MR) is 74.4 cm³/mol. The molecular formula is C14H17FN2S. The summed E-state index contributed by atoms with van der Waals surface area (Å²) < 4.78 is 13.3. The van der Waals surface area contributed by atoms with Gasteiger partial charge in [-0.3, -0.25) is 0 Å². The lowest BCUT2D eigenvalue weighted by atomic mass is 10.1. The fourth-order valence-electron chi connectivity index (χ4n) is 1.84. The Hall–Kier alpha value is -1.26. The van der Waals surface area contributed by atoms with Crippen LogP contribution in [-0.2, 0) is 6.42 Å². The van der Waals surface area contributed by atoms with Crippen molar-refractivity contribution in [2.45, 2.75) is 26.2 Å². The van der Waals surface area contributed by atoms with Crippen LogP contribution in [-0.4, -0.2) is 11.5 Å². The second-order valence-electron chi connectivity index (χ2n) is 4.52. The molecular weight excluding hydrogens is 247 g/mol. The lowest BCUT2D eigenvalue weighted by Gasteiger charge is -2.05. The molecule has 0 unspecified atom stereocenters. The molecule has 0 radical (unpaired) electrons. The van der Waals surface area contributed by atoms with Gasteiger partial charge in [0.2, 0.25) is 0 Å². The van der Waals surface area contributed by atoms with E-state index in [-0.39, 0.29) is 5.82 Å². The fraction of sp³-hybridized carbons (Fsp3) is 0.357. The van der Waals surface area contributed by atoms with Gasteiger partial charge in [0.1, 0.15) is 5.82 Å². The lowest BCUT2D eigenvalue weighted by molar-refractivity contribution is 0.628. The zero-order valence-electron chi connectivity index (χ0n) is 10.6. The summed E-state index contributed by atoms with van der Waals surface area (Å²) >= 11 is 1.68. The zero-order valence-corrected chi connectivity index (χ0v) is 11.4. The Morgan fingerprint density at radius 1 is 1.39 bits per heavy atom. The summed E-state index contributed by atoms with van der Waals surface area (Å²) in [6.07, 6.45) is 0.777. The standard InChI is InChI=1S/C14H17FN2S/c1-9(2)14-13(17-12(18-14)6-7-16)10-4-3-5-11(15)8-10/h3-5,8-9H,6-7,16H2,1-2H3. The van der Waals surface area contributed by atoms with E-state index in [1.807, 2.05) is 6.07 Å². The van der Waals surface area contributed by atoms with Crippen molar-refractivity contribution in [3.63, 3.8) is 0 Å². The van der Waals surface area contributed by atoms with Gasteiger partial charge in [0.15, 0.2) is 0 Å². The number of nitrogens with zero attached hydrogens (tertiary/aromatic N) is 1. The van der Waals surface area contributed by atoms with Crippen LogP contribution < -0.4 is 5.73 Å². The number of aromatic nitrogens is 1. The molecule has 1 aromatic carbocycles. The van der Waals surface area contributed by atoms with Crippen LogP contribution in [0, 0.1) is 5.82 Å². The molecule has 2 aromatic rings. The van der Waals surface area contributed by atoms with Gasteiger partial charge in [-0.15, -0.1) is 11.3 Å². The minimum Gasteiger partial charge on any atom is -0.330 e. The van der Waals surface area contributed by atoms with Crippen LogP contribution in [0.1, 0.15) is 29.7 Å². The molecule has 2 N–H and O–H groups in total. The van der Waals surface area contributed by atoms with E-state index in [4.69, 9.17) is 5.73 Å². The summed E-state index contributed by atoms with van der Waals surface area (Å²) in [5, 5.41) is 1.03. The quantitative estimate of drug-likeness (QED) is 0.916. The minimum atomic E-state index is -0.226. The SMILES string of the molecule is CC(C)c1sc(CCN)nc1-c1cccc(F)c1. The van der Waals surface area contributed by atoms with E-state index in [0.717, 1.165) is 22.7 Å². The first-order valence-electron chi connectivity index (χ1n) is 6.07. The summed E-state index contributed by atoms with van der Waals surface area (Å²) in [6.45, 7) is 4.85. The largest absolute Gasteiger partial charge is 0.330 e. The maximum absolute atomic E-state index is 13.3. The Morgan fingerprint density at radius 3 is 2.78 bits per heavy atom. The molecule has 0 spiro atoms. The lowest BCUT2D eigenvalue weighted by Crippen LogP contribution is -2.01. The van der Waals surface area contributed by atoms with Crippen molar-refractivity contribution < 1.29 is 4.39 Å². The first-order valence-corrected chi connectivity index (χ1v) is 6.89. The molecule has 1 aromatic heterocycles. The highest BCUT2D eigenvalue weighted by Gasteiger charge is 2.15. The average Bonchev–Trinajstić information content (AvgIpc) is 2.74. The van der Waals surface area contributed by atoms with Crippen LogP contribution >= 0.6 is 11.3 Å². The zero-order chi connectivity index (χ0) is 13.1. The van der Waals surface area contributed by atoms with Crippen molar-refractivity contribution in [2.75, 3.05) is 6.54 Å². The molecule has 0 saturated carbocycles. The molecule has 2 rings (SSSR count). The van der Waals surface area contributed by atoms with Crippen LogP contribution in [0.2, 0.25) is 0 Å². The van der Waals surface area contributed by atoms with Gasteiger partial charge in [0.25, 0.3) is 0 Å². The van der Waals surface area contributed by atoms with E-state index in [2.05, 4.69) is 18.8 Å². The van der Waals surface area contributed by atoms with E-state index in [9.17, 15) is 4.39 Å². The Morgan fingerprint density at radius 2 is 2.17 bits per heavy atom. The van der Waals surface area contributed by atoms with Crippen molar-refractivity contribution in [1.29, 1.82) is 0 Å². The molecule has 0 saturated heterocycles. The van der Waals surface area contributed by atoms with Gasteiger partial charge in [-0.1, -0.05) is 26.0 Å². The molecule has 0 atom stereocenters. The maximum Gasteiger partial charge on any atom is 0.123 e. The summed E-state index contributed by atoms with van der Waals surface area (Å²) in [7, 11) is 0. The third-order valence-electron chi connectivity index (χ3n) is 2.68. The Labute approximate surface area is 111 Å². The van der Waals surface area contributed by atoms with Crippen LogP contribution in [0.3, 0.4) is 0 Å². The monoisotopic (exact) mass is 264 g/mol. The third-order valence-corrected chi connectivity index (χ3v) is 4.09. The van der Waals surface area contributed by atoms with Gasteiger partial charge < -0.3 is 5.73 Å². The number of halogens is 1. The highest BCUT2D eigenvalue weighted by atomic mass is 32.1. The third kappa shape index (κ3) is 2.76. The van der Waals surface area contributed by atoms with E-state index >= 15 is 0 Å². The molecule has 0 bridgehead atoms. The number of hydrogen-bond acceptors (Lipinski definition) is 3. The van der Waals surface area contributed by atoms with Crippen molar-refractivity contribution in [2.24, 2.45) is 5.73 Å². The van der Waals surface area contributed by atoms with Crippen LogP contribution in [0.15, 0.2) is 24.3 Å². The van der Waals surface area contributed by atoms with E-state index < -0.39 is 0 Å². The molecule has 0 aliphatic carbocycles. The van der Waals surface area contributed by atoms with Crippen molar-refractivity contribution in [3.8, 4) is 11.3 Å². The summed E-state index contributed by atoms with van der Waals surface area (Å²) in [6, 6.07) is 6.60. The van der Waals surface area contributed by atoms with E-state index in [1.54, 1.807) is 17.4 Å². The molecule has 0 aliphatic heterocycles. The Balaban J connectivity index is 2.48. The average molecular weight is 264 g/mol. The number of hydrogen-bond donors (Lipinski definition) is 1. The van der Waals surface area contributed by atoms with Gasteiger partial charge in [-0.05, 0) is 24.6 Å². The second kappa shape index (κ2) is 5.59. The summed E-state index contributed by atoms with van der Waals surface area (Å²) in [5.41, 5.74) is 7.31. The predicted octanol–water partition coefficient (Wildman–Crippen LogP) is 3.57. The summed E-state index contributed by atoms with van der Waals surface area (Å²) in [5.74, 6) is 0.155. The molecule has 96 valence electrons. The highest BCUT2D eigenvalue weighted by Crippen LogP contribution is 2.34. The first kappa shape index (κ1) is 13.2. The maximum atomic E-state index is 13.3. The van der Waals surface area contributed by atoms with Crippen LogP contribution in [0.25, 0.3) is 11.3 Å². The smallest absolute Gasteiger partial charge is 0.123 e. The van der Waals surface area contributed by atoms with Gasteiger partial charge >= 0.3 is 0 Å². The van der Waals surface area contributed by atoms with Gasteiger partial charge in [-0.2, -0.15) is 0 Å². The minimum absolute atomic E-state index is 0.226. The van der Waals surface area contributed by atoms with Crippen LogP contribution in [0.4, 0.5) is 4.39 Å². The van der Waals surface area contributed by atoms with Crippen LogP contribution in [0.5, 0.6) is 0 Å². The normalized spacial score (nSPS) is 11.2. The van der Waals surface area contributed by atoms with Crippen molar-refractivity contribution in [3.05, 3.63) is 40.0 Å². The molecule has 1 heterocycles. The number of thiazole rings is 1. The first-order chi connectivity index (χ1) is 8.61. The van der Waals surface area contributed by atoms with Gasteiger partial charge in [-0.25, -0.2) is 9.37 Å². The highest BCUT2D eigenvalue weighted by molar-refractivity contribution is 7.12. The molecule has 18 heavy (non-hydrogen) atoms. The molecule has 2 nitrogen and oxygen atoms in total. The molecule has 0 amide bonds. The van der Waals surface area contributed by atoms with Crippen molar-refractivity contribution in [1.82, 2.24) is 4.98 Å². The molecule has 4 heteroatoms. The Bertz CT molecular complexity index is 534. The number of nitrogens with two attached hydrogens (primary N) is 1. The Kier molecular flexibility index (Phi) is 4.09. The molecule has 0 fully saturated rings.